The van der Waals surface area contributed by atoms with Gasteiger partial charge in [0, 0.05) is 5.39 Å². The van der Waals surface area contributed by atoms with Gasteiger partial charge in [-0.1, -0.05) is 36.5 Å². The number of aryl methyl sites for hydroxylation is 2. The van der Waals surface area contributed by atoms with Crippen LogP contribution in [0.1, 0.15) is 24.5 Å². The Morgan fingerprint density at radius 1 is 1.19 bits per heavy atom. The van der Waals surface area contributed by atoms with Crippen molar-refractivity contribution in [2.45, 2.75) is 26.7 Å². The summed E-state index contributed by atoms with van der Waals surface area (Å²) < 4.78 is 0. The van der Waals surface area contributed by atoms with E-state index in [4.69, 9.17) is 23.2 Å². The number of benzene rings is 1. The van der Waals surface area contributed by atoms with Gasteiger partial charge in [0.1, 0.15) is 5.15 Å². The molecule has 0 aliphatic heterocycles. The van der Waals surface area contributed by atoms with Crippen LogP contribution in [-0.4, -0.2) is 4.98 Å². The minimum Gasteiger partial charge on any atom is -0.234 e. The highest BCUT2D eigenvalue weighted by molar-refractivity contribution is 6.36. The molecule has 1 nitrogen and oxygen atoms in total. The zero-order valence-corrected chi connectivity index (χ0v) is 10.9. The molecule has 3 heteroatoms. The largest absolute Gasteiger partial charge is 0.234 e. The second-order valence-electron chi connectivity index (χ2n) is 4.01. The molecule has 1 aromatic carbocycles. The van der Waals surface area contributed by atoms with Gasteiger partial charge in [-0.15, -0.1) is 0 Å². The topological polar surface area (TPSA) is 12.9 Å². The average molecular weight is 254 g/mol. The van der Waals surface area contributed by atoms with Crippen molar-refractivity contribution in [2.75, 3.05) is 0 Å². The Bertz CT molecular complexity index is 535. The first-order chi connectivity index (χ1) is 7.61. The van der Waals surface area contributed by atoms with Crippen LogP contribution in [0.5, 0.6) is 0 Å². The van der Waals surface area contributed by atoms with Gasteiger partial charge in [0.15, 0.2) is 0 Å². The summed E-state index contributed by atoms with van der Waals surface area (Å²) in [6.07, 6.45) is 2.01. The van der Waals surface area contributed by atoms with Gasteiger partial charge >= 0.3 is 0 Å². The fourth-order valence-corrected chi connectivity index (χ4v) is 2.41. The lowest BCUT2D eigenvalue weighted by molar-refractivity contribution is 0.918. The first-order valence-electron chi connectivity index (χ1n) is 5.37. The summed E-state index contributed by atoms with van der Waals surface area (Å²) in [6, 6.07) is 6.09. The third-order valence-corrected chi connectivity index (χ3v) is 3.18. The van der Waals surface area contributed by atoms with Crippen LogP contribution in [0.3, 0.4) is 0 Å². The van der Waals surface area contributed by atoms with Gasteiger partial charge in [0.05, 0.1) is 10.5 Å². The molecule has 0 aliphatic rings. The van der Waals surface area contributed by atoms with Crippen molar-refractivity contribution in [2.24, 2.45) is 0 Å². The average Bonchev–Trinajstić information content (AvgIpc) is 2.21. The molecule has 0 fully saturated rings. The first kappa shape index (κ1) is 11.7. The van der Waals surface area contributed by atoms with Gasteiger partial charge < -0.3 is 0 Å². The highest BCUT2D eigenvalue weighted by Crippen LogP contribution is 2.28. The lowest BCUT2D eigenvalue weighted by atomic mass is 10.1. The number of rotatable bonds is 2. The first-order valence-corrected chi connectivity index (χ1v) is 6.12. The SMILES string of the molecule is CCCc1cc2cc(C)cc(Cl)c2nc1Cl. The number of halogens is 2. The standard InChI is InChI=1S/C13H13Cl2N/c1-3-4-9-7-10-5-8(2)6-11(14)12(10)16-13(9)15/h5-7H,3-4H2,1-2H3. The molecule has 0 atom stereocenters. The Morgan fingerprint density at radius 2 is 1.94 bits per heavy atom. The van der Waals surface area contributed by atoms with Gasteiger partial charge in [0.25, 0.3) is 0 Å². The van der Waals surface area contributed by atoms with E-state index >= 15 is 0 Å². The molecule has 0 amide bonds. The summed E-state index contributed by atoms with van der Waals surface area (Å²) in [4.78, 5) is 4.37. The third-order valence-electron chi connectivity index (χ3n) is 2.56. The molecule has 0 N–H and O–H groups in total. The number of aromatic nitrogens is 1. The molecular formula is C13H13Cl2N. The molecule has 0 saturated carbocycles. The summed E-state index contributed by atoms with van der Waals surface area (Å²) in [5.41, 5.74) is 3.03. The number of fused-ring (bicyclic) bond motifs is 1. The highest BCUT2D eigenvalue weighted by atomic mass is 35.5. The van der Waals surface area contributed by atoms with E-state index in [1.165, 1.54) is 0 Å². The molecule has 16 heavy (non-hydrogen) atoms. The van der Waals surface area contributed by atoms with Gasteiger partial charge in [-0.25, -0.2) is 4.98 Å². The lowest BCUT2D eigenvalue weighted by Crippen LogP contribution is -1.91. The normalized spacial score (nSPS) is 11.0. The Balaban J connectivity index is 2.69. The van der Waals surface area contributed by atoms with Gasteiger partial charge in [-0.05, 0) is 42.7 Å². The fraction of sp³-hybridized carbons (Fsp3) is 0.308. The lowest BCUT2D eigenvalue weighted by Gasteiger charge is -2.07. The van der Waals surface area contributed by atoms with Crippen LogP contribution in [0.4, 0.5) is 0 Å². The molecule has 0 spiro atoms. The quantitative estimate of drug-likeness (QED) is 0.701. The fourth-order valence-electron chi connectivity index (χ4n) is 1.85. The van der Waals surface area contributed by atoms with Crippen LogP contribution >= 0.6 is 23.2 Å². The summed E-state index contributed by atoms with van der Waals surface area (Å²) in [5, 5.41) is 2.30. The molecule has 0 saturated heterocycles. The molecule has 0 aliphatic carbocycles. The van der Waals surface area contributed by atoms with Crippen molar-refractivity contribution >= 4 is 34.1 Å². The summed E-state index contributed by atoms with van der Waals surface area (Å²) >= 11 is 12.3. The number of hydrogen-bond acceptors (Lipinski definition) is 1. The Hall–Kier alpha value is -0.790. The van der Waals surface area contributed by atoms with E-state index in [9.17, 15) is 0 Å². The van der Waals surface area contributed by atoms with Crippen molar-refractivity contribution in [3.8, 4) is 0 Å². The summed E-state index contributed by atoms with van der Waals surface area (Å²) in [5.74, 6) is 0. The smallest absolute Gasteiger partial charge is 0.133 e. The molecule has 0 bridgehead atoms. The second-order valence-corrected chi connectivity index (χ2v) is 4.77. The van der Waals surface area contributed by atoms with Crippen molar-refractivity contribution in [3.05, 3.63) is 39.5 Å². The number of nitrogens with zero attached hydrogens (tertiary/aromatic N) is 1. The van der Waals surface area contributed by atoms with E-state index in [1.807, 2.05) is 13.0 Å². The van der Waals surface area contributed by atoms with E-state index in [1.54, 1.807) is 0 Å². The van der Waals surface area contributed by atoms with E-state index < -0.39 is 0 Å². The second kappa shape index (κ2) is 4.60. The van der Waals surface area contributed by atoms with Crippen LogP contribution in [0, 0.1) is 6.92 Å². The molecule has 1 aromatic heterocycles. The van der Waals surface area contributed by atoms with Crippen LogP contribution in [0.15, 0.2) is 18.2 Å². The van der Waals surface area contributed by atoms with Crippen molar-refractivity contribution in [1.29, 1.82) is 0 Å². The van der Waals surface area contributed by atoms with E-state index in [0.29, 0.717) is 10.2 Å². The molecular weight excluding hydrogens is 241 g/mol. The van der Waals surface area contributed by atoms with Gasteiger partial charge in [0.2, 0.25) is 0 Å². The third kappa shape index (κ3) is 2.16. The maximum Gasteiger partial charge on any atom is 0.133 e. The maximum atomic E-state index is 6.14. The predicted molar refractivity (Wildman–Crippen MR) is 70.5 cm³/mol. The van der Waals surface area contributed by atoms with E-state index in [-0.39, 0.29) is 0 Å². The number of pyridine rings is 1. The molecule has 84 valence electrons. The Kier molecular flexibility index (Phi) is 3.36. The molecule has 1 heterocycles. The molecule has 0 radical (unpaired) electrons. The Morgan fingerprint density at radius 3 is 2.62 bits per heavy atom. The van der Waals surface area contributed by atoms with Crippen LogP contribution in [0.25, 0.3) is 10.9 Å². The predicted octanol–water partition coefficient (Wildman–Crippen LogP) is 4.80. The minimum absolute atomic E-state index is 0.570. The van der Waals surface area contributed by atoms with Crippen LogP contribution < -0.4 is 0 Å². The molecule has 0 unspecified atom stereocenters. The van der Waals surface area contributed by atoms with E-state index in [2.05, 4.69) is 24.0 Å². The molecule has 2 rings (SSSR count). The van der Waals surface area contributed by atoms with E-state index in [0.717, 1.165) is 34.9 Å². The van der Waals surface area contributed by atoms with Crippen LogP contribution in [0.2, 0.25) is 10.2 Å². The van der Waals surface area contributed by atoms with Gasteiger partial charge in [-0.2, -0.15) is 0 Å². The summed E-state index contributed by atoms with van der Waals surface area (Å²) in [7, 11) is 0. The van der Waals surface area contributed by atoms with Crippen molar-refractivity contribution < 1.29 is 0 Å². The number of hydrogen-bond donors (Lipinski definition) is 0. The highest BCUT2D eigenvalue weighted by Gasteiger charge is 2.07. The summed E-state index contributed by atoms with van der Waals surface area (Å²) in [6.45, 7) is 4.16. The van der Waals surface area contributed by atoms with Crippen LogP contribution in [-0.2, 0) is 6.42 Å². The zero-order valence-electron chi connectivity index (χ0n) is 9.35. The maximum absolute atomic E-state index is 6.14. The van der Waals surface area contributed by atoms with Crippen molar-refractivity contribution in [3.63, 3.8) is 0 Å². The van der Waals surface area contributed by atoms with Gasteiger partial charge in [-0.3, -0.25) is 0 Å². The molecule has 2 aromatic rings. The van der Waals surface area contributed by atoms with Crippen molar-refractivity contribution in [1.82, 2.24) is 4.98 Å². The zero-order chi connectivity index (χ0) is 11.7. The minimum atomic E-state index is 0.570. The Labute approximate surface area is 105 Å². The monoisotopic (exact) mass is 253 g/mol.